The first kappa shape index (κ1) is 20.6. The average molecular weight is 432 g/mol. The third-order valence-electron chi connectivity index (χ3n) is 5.48. The molecule has 2 aromatic rings. The quantitative estimate of drug-likeness (QED) is 0.787. The van der Waals surface area contributed by atoms with E-state index in [-0.39, 0.29) is 16.6 Å². The molecule has 2 aliphatic heterocycles. The van der Waals surface area contributed by atoms with Crippen LogP contribution in [0.3, 0.4) is 0 Å². The standard InChI is InChI=1S/C21H25N3O5S/c25-20-7-2-1-6-19(20)22-8-10-23(11-9-22)21(26)17-4-3-5-18(16-17)30(27,28)24-12-14-29-15-13-24/h1-7,16,25H,8-15H2. The molecule has 0 aromatic heterocycles. The molecule has 2 aliphatic rings. The second kappa shape index (κ2) is 8.63. The van der Waals surface area contributed by atoms with Crippen molar-refractivity contribution >= 4 is 21.6 Å². The predicted octanol–water partition coefficient (Wildman–Crippen LogP) is 1.38. The number of carbonyl (C=O) groups is 1. The van der Waals surface area contributed by atoms with Gasteiger partial charge in [0.2, 0.25) is 10.0 Å². The molecule has 1 N–H and O–H groups in total. The Bertz CT molecular complexity index is 1010. The highest BCUT2D eigenvalue weighted by molar-refractivity contribution is 7.89. The molecule has 8 nitrogen and oxygen atoms in total. The first-order chi connectivity index (χ1) is 14.5. The number of anilines is 1. The van der Waals surface area contributed by atoms with Crippen molar-refractivity contribution in [3.8, 4) is 5.75 Å². The van der Waals surface area contributed by atoms with E-state index in [1.807, 2.05) is 17.0 Å². The van der Waals surface area contributed by atoms with Crippen molar-refractivity contribution in [2.75, 3.05) is 57.4 Å². The monoisotopic (exact) mass is 431 g/mol. The van der Waals surface area contributed by atoms with Gasteiger partial charge in [-0.3, -0.25) is 4.79 Å². The number of phenolic OH excluding ortho intramolecular Hbond substituents is 1. The number of carbonyl (C=O) groups excluding carboxylic acids is 1. The van der Waals surface area contributed by atoms with Crippen LogP contribution in [0.15, 0.2) is 53.4 Å². The fourth-order valence-corrected chi connectivity index (χ4v) is 5.24. The van der Waals surface area contributed by atoms with E-state index in [9.17, 15) is 18.3 Å². The second-order valence-electron chi connectivity index (χ2n) is 7.31. The molecule has 0 atom stereocenters. The number of ether oxygens (including phenoxy) is 1. The number of para-hydroxylation sites is 2. The molecular formula is C21H25N3O5S. The Hall–Kier alpha value is -2.62. The van der Waals surface area contributed by atoms with Gasteiger partial charge in [0.15, 0.2) is 0 Å². The van der Waals surface area contributed by atoms with Crippen molar-refractivity contribution in [1.29, 1.82) is 0 Å². The van der Waals surface area contributed by atoms with E-state index in [1.54, 1.807) is 29.2 Å². The van der Waals surface area contributed by atoms with E-state index in [0.717, 1.165) is 5.69 Å². The third-order valence-corrected chi connectivity index (χ3v) is 7.37. The predicted molar refractivity (Wildman–Crippen MR) is 112 cm³/mol. The van der Waals surface area contributed by atoms with Gasteiger partial charge in [-0.15, -0.1) is 0 Å². The highest BCUT2D eigenvalue weighted by Gasteiger charge is 2.28. The minimum Gasteiger partial charge on any atom is -0.506 e. The van der Waals surface area contributed by atoms with Gasteiger partial charge < -0.3 is 19.6 Å². The molecule has 0 unspecified atom stereocenters. The number of benzene rings is 2. The van der Waals surface area contributed by atoms with Crippen molar-refractivity contribution < 1.29 is 23.1 Å². The molecule has 0 radical (unpaired) electrons. The molecule has 2 aromatic carbocycles. The summed E-state index contributed by atoms with van der Waals surface area (Å²) < 4.78 is 32.4. The van der Waals surface area contributed by atoms with Gasteiger partial charge in [0.05, 0.1) is 23.8 Å². The van der Waals surface area contributed by atoms with Gasteiger partial charge >= 0.3 is 0 Å². The highest BCUT2D eigenvalue weighted by Crippen LogP contribution is 2.27. The zero-order chi connectivity index (χ0) is 21.1. The molecule has 9 heteroatoms. The van der Waals surface area contributed by atoms with Gasteiger partial charge in [0.1, 0.15) is 5.75 Å². The maximum atomic E-state index is 13.0. The van der Waals surface area contributed by atoms with Crippen LogP contribution < -0.4 is 4.90 Å². The summed E-state index contributed by atoms with van der Waals surface area (Å²) in [6, 6.07) is 13.4. The number of rotatable bonds is 4. The van der Waals surface area contributed by atoms with Crippen LogP contribution in [-0.4, -0.2) is 81.1 Å². The molecular weight excluding hydrogens is 406 g/mol. The zero-order valence-corrected chi connectivity index (χ0v) is 17.4. The lowest BCUT2D eigenvalue weighted by Gasteiger charge is -2.36. The largest absolute Gasteiger partial charge is 0.506 e. The fraction of sp³-hybridized carbons (Fsp3) is 0.381. The first-order valence-corrected chi connectivity index (χ1v) is 11.4. The number of morpholine rings is 1. The number of aromatic hydroxyl groups is 1. The van der Waals surface area contributed by atoms with Crippen LogP contribution in [0.5, 0.6) is 5.75 Å². The van der Waals surface area contributed by atoms with Crippen LogP contribution in [-0.2, 0) is 14.8 Å². The molecule has 0 saturated carbocycles. The Labute approximate surface area is 176 Å². The number of amides is 1. The van der Waals surface area contributed by atoms with Crippen molar-refractivity contribution in [1.82, 2.24) is 9.21 Å². The molecule has 2 heterocycles. The Morgan fingerprint density at radius 2 is 1.60 bits per heavy atom. The maximum absolute atomic E-state index is 13.0. The SMILES string of the molecule is O=C(c1cccc(S(=O)(=O)N2CCOCC2)c1)N1CCN(c2ccccc2O)CC1. The summed E-state index contributed by atoms with van der Waals surface area (Å²) in [6.45, 7) is 3.55. The second-order valence-corrected chi connectivity index (χ2v) is 9.25. The van der Waals surface area contributed by atoms with Crippen LogP contribution in [0.1, 0.15) is 10.4 Å². The van der Waals surface area contributed by atoms with Crippen molar-refractivity contribution in [3.63, 3.8) is 0 Å². The minimum absolute atomic E-state index is 0.128. The van der Waals surface area contributed by atoms with E-state index < -0.39 is 10.0 Å². The van der Waals surface area contributed by atoms with E-state index in [2.05, 4.69) is 0 Å². The van der Waals surface area contributed by atoms with Crippen molar-refractivity contribution in [3.05, 3.63) is 54.1 Å². The molecule has 2 fully saturated rings. The number of hydrogen-bond donors (Lipinski definition) is 1. The van der Waals surface area contributed by atoms with Gasteiger partial charge in [0, 0.05) is 44.8 Å². The number of sulfonamides is 1. The molecule has 1 amide bonds. The number of phenols is 1. The zero-order valence-electron chi connectivity index (χ0n) is 16.6. The summed E-state index contributed by atoms with van der Waals surface area (Å²) in [6.07, 6.45) is 0. The molecule has 4 rings (SSSR count). The maximum Gasteiger partial charge on any atom is 0.254 e. The Morgan fingerprint density at radius 3 is 2.30 bits per heavy atom. The van der Waals surface area contributed by atoms with Gasteiger partial charge in [-0.2, -0.15) is 4.31 Å². The Balaban J connectivity index is 1.46. The Morgan fingerprint density at radius 1 is 0.900 bits per heavy atom. The lowest BCUT2D eigenvalue weighted by Crippen LogP contribution is -2.48. The van der Waals surface area contributed by atoms with Crippen LogP contribution in [0.25, 0.3) is 0 Å². The van der Waals surface area contributed by atoms with Gasteiger partial charge in [-0.1, -0.05) is 18.2 Å². The molecule has 2 saturated heterocycles. The number of hydrogen-bond acceptors (Lipinski definition) is 6. The van der Waals surface area contributed by atoms with E-state index in [0.29, 0.717) is 58.0 Å². The summed E-state index contributed by atoms with van der Waals surface area (Å²) in [5, 5.41) is 10.0. The topological polar surface area (TPSA) is 90.4 Å². The summed E-state index contributed by atoms with van der Waals surface area (Å²) in [4.78, 5) is 16.9. The number of nitrogens with zero attached hydrogens (tertiary/aromatic N) is 3. The lowest BCUT2D eigenvalue weighted by atomic mass is 10.1. The average Bonchev–Trinajstić information content (AvgIpc) is 2.80. The first-order valence-electron chi connectivity index (χ1n) is 9.97. The third kappa shape index (κ3) is 4.14. The molecule has 0 aliphatic carbocycles. The summed E-state index contributed by atoms with van der Waals surface area (Å²) in [5.41, 5.74) is 1.11. The van der Waals surface area contributed by atoms with Crippen LogP contribution in [0.2, 0.25) is 0 Å². The van der Waals surface area contributed by atoms with Crippen molar-refractivity contribution in [2.45, 2.75) is 4.90 Å². The van der Waals surface area contributed by atoms with Crippen molar-refractivity contribution in [2.24, 2.45) is 0 Å². The fourth-order valence-electron chi connectivity index (χ4n) is 3.79. The lowest BCUT2D eigenvalue weighted by molar-refractivity contribution is 0.0729. The van der Waals surface area contributed by atoms with Gasteiger partial charge in [0.25, 0.3) is 5.91 Å². The summed E-state index contributed by atoms with van der Waals surface area (Å²) in [5.74, 6) is 0.0317. The number of piperazine rings is 1. The van der Waals surface area contributed by atoms with E-state index >= 15 is 0 Å². The molecule has 30 heavy (non-hydrogen) atoms. The normalized spacial score (nSPS) is 18.4. The van der Waals surface area contributed by atoms with E-state index in [4.69, 9.17) is 4.74 Å². The Kier molecular flexibility index (Phi) is 5.94. The van der Waals surface area contributed by atoms with E-state index in [1.165, 1.54) is 16.4 Å². The minimum atomic E-state index is -3.65. The van der Waals surface area contributed by atoms with Crippen LogP contribution in [0, 0.1) is 0 Å². The smallest absolute Gasteiger partial charge is 0.254 e. The van der Waals surface area contributed by atoms with Crippen LogP contribution in [0.4, 0.5) is 5.69 Å². The molecule has 0 spiro atoms. The van der Waals surface area contributed by atoms with Crippen LogP contribution >= 0.6 is 0 Å². The molecule has 0 bridgehead atoms. The summed E-state index contributed by atoms with van der Waals surface area (Å²) >= 11 is 0. The van der Waals surface area contributed by atoms with Gasteiger partial charge in [-0.05, 0) is 30.3 Å². The summed E-state index contributed by atoms with van der Waals surface area (Å²) in [7, 11) is -3.65. The van der Waals surface area contributed by atoms with Gasteiger partial charge in [-0.25, -0.2) is 8.42 Å². The highest BCUT2D eigenvalue weighted by atomic mass is 32.2. The molecule has 160 valence electrons.